The van der Waals surface area contributed by atoms with Crippen molar-refractivity contribution >= 4 is 11.9 Å². The number of carbonyl (C=O) groups is 2. The van der Waals surface area contributed by atoms with Gasteiger partial charge in [-0.05, 0) is 6.92 Å². The minimum Gasteiger partial charge on any atom is -0.464 e. The lowest BCUT2D eigenvalue weighted by atomic mass is 10.00. The molecule has 1 rings (SSSR count). The summed E-state index contributed by atoms with van der Waals surface area (Å²) in [5, 5.41) is 19.0. The molecule has 1 fully saturated rings. The topological polar surface area (TPSA) is 102 Å². The quantitative estimate of drug-likeness (QED) is 0.592. The molecule has 0 saturated carbocycles. The standard InChI is InChI=1S/C10H16O7/c1-3-15-10(14)9-8(17-5(2)11)7(13)6(12)4-16-9/h6-9,12-13H,3-4H2,1-2H3/t6-,7-,8+,9+/m0/s1. The molecule has 1 saturated heterocycles. The van der Waals surface area contributed by atoms with E-state index in [9.17, 15) is 19.8 Å². The first-order valence-electron chi connectivity index (χ1n) is 5.29. The highest BCUT2D eigenvalue weighted by molar-refractivity contribution is 5.76. The van der Waals surface area contributed by atoms with Gasteiger partial charge in [0, 0.05) is 6.92 Å². The van der Waals surface area contributed by atoms with Crippen LogP contribution < -0.4 is 0 Å². The molecule has 1 heterocycles. The van der Waals surface area contributed by atoms with Crippen LogP contribution >= 0.6 is 0 Å². The van der Waals surface area contributed by atoms with Gasteiger partial charge in [-0.15, -0.1) is 0 Å². The van der Waals surface area contributed by atoms with Crippen molar-refractivity contribution in [2.45, 2.75) is 38.3 Å². The number of hydrogen-bond donors (Lipinski definition) is 2. The van der Waals surface area contributed by atoms with Gasteiger partial charge in [-0.1, -0.05) is 0 Å². The predicted molar refractivity (Wildman–Crippen MR) is 53.9 cm³/mol. The molecule has 1 aliphatic heterocycles. The van der Waals surface area contributed by atoms with Crippen LogP contribution in [0, 0.1) is 0 Å². The minimum atomic E-state index is -1.37. The van der Waals surface area contributed by atoms with E-state index in [1.54, 1.807) is 6.92 Å². The van der Waals surface area contributed by atoms with E-state index in [0.29, 0.717) is 0 Å². The lowest BCUT2D eigenvalue weighted by molar-refractivity contribution is -0.216. The van der Waals surface area contributed by atoms with E-state index in [1.165, 1.54) is 0 Å². The Morgan fingerprint density at radius 1 is 1.41 bits per heavy atom. The van der Waals surface area contributed by atoms with Crippen LogP contribution in [0.1, 0.15) is 13.8 Å². The second-order valence-corrected chi connectivity index (χ2v) is 3.64. The van der Waals surface area contributed by atoms with Crippen molar-refractivity contribution in [2.24, 2.45) is 0 Å². The molecule has 0 spiro atoms. The van der Waals surface area contributed by atoms with E-state index < -0.39 is 36.4 Å². The van der Waals surface area contributed by atoms with Gasteiger partial charge in [0.15, 0.2) is 12.2 Å². The van der Waals surface area contributed by atoms with Crippen LogP contribution in [0.5, 0.6) is 0 Å². The molecule has 4 atom stereocenters. The summed E-state index contributed by atoms with van der Waals surface area (Å²) in [6, 6.07) is 0. The number of aliphatic hydroxyl groups is 2. The minimum absolute atomic E-state index is 0.143. The van der Waals surface area contributed by atoms with Gasteiger partial charge in [0.2, 0.25) is 0 Å². The number of esters is 2. The Kier molecular flexibility index (Phi) is 4.86. The summed E-state index contributed by atoms with van der Waals surface area (Å²) in [5.74, 6) is -1.41. The van der Waals surface area contributed by atoms with Crippen LogP contribution in [0.3, 0.4) is 0 Å². The van der Waals surface area contributed by atoms with E-state index in [0.717, 1.165) is 6.92 Å². The van der Waals surface area contributed by atoms with Gasteiger partial charge >= 0.3 is 11.9 Å². The molecule has 7 nitrogen and oxygen atoms in total. The molecule has 0 aromatic heterocycles. The maximum Gasteiger partial charge on any atom is 0.339 e. The van der Waals surface area contributed by atoms with Gasteiger partial charge < -0.3 is 24.4 Å². The van der Waals surface area contributed by atoms with Crippen molar-refractivity contribution in [3.8, 4) is 0 Å². The Balaban J connectivity index is 2.78. The van der Waals surface area contributed by atoms with E-state index >= 15 is 0 Å². The summed E-state index contributed by atoms with van der Waals surface area (Å²) in [6.07, 6.45) is -5.04. The van der Waals surface area contributed by atoms with Crippen molar-refractivity contribution < 1.29 is 34.0 Å². The fourth-order valence-corrected chi connectivity index (χ4v) is 1.54. The average Bonchev–Trinajstić information content (AvgIpc) is 2.24. The normalized spacial score (nSPS) is 32.9. The molecule has 0 aromatic rings. The van der Waals surface area contributed by atoms with Gasteiger partial charge in [-0.25, -0.2) is 4.79 Å². The lowest BCUT2D eigenvalue weighted by Gasteiger charge is -2.35. The molecule has 0 radical (unpaired) electrons. The van der Waals surface area contributed by atoms with Gasteiger partial charge in [-0.3, -0.25) is 4.79 Å². The van der Waals surface area contributed by atoms with E-state index in [1.807, 2.05) is 0 Å². The first-order valence-corrected chi connectivity index (χ1v) is 5.29. The second kappa shape index (κ2) is 5.95. The van der Waals surface area contributed by atoms with Crippen LogP contribution in [-0.4, -0.2) is 59.8 Å². The highest BCUT2D eigenvalue weighted by Crippen LogP contribution is 2.20. The molecule has 0 aromatic carbocycles. The zero-order chi connectivity index (χ0) is 13.0. The molecular formula is C10H16O7. The average molecular weight is 248 g/mol. The van der Waals surface area contributed by atoms with Crippen LogP contribution in [0.25, 0.3) is 0 Å². The van der Waals surface area contributed by atoms with Crippen molar-refractivity contribution in [3.05, 3.63) is 0 Å². The van der Waals surface area contributed by atoms with Crippen LogP contribution in [0.15, 0.2) is 0 Å². The fourth-order valence-electron chi connectivity index (χ4n) is 1.54. The number of ether oxygens (including phenoxy) is 3. The number of hydrogen-bond acceptors (Lipinski definition) is 7. The molecule has 7 heteroatoms. The highest BCUT2D eigenvalue weighted by atomic mass is 16.6. The van der Waals surface area contributed by atoms with Crippen molar-refractivity contribution in [1.29, 1.82) is 0 Å². The summed E-state index contributed by atoms with van der Waals surface area (Å²) in [4.78, 5) is 22.4. The van der Waals surface area contributed by atoms with Crippen LogP contribution in [0.2, 0.25) is 0 Å². The van der Waals surface area contributed by atoms with Crippen molar-refractivity contribution in [3.63, 3.8) is 0 Å². The molecule has 98 valence electrons. The van der Waals surface area contributed by atoms with Gasteiger partial charge in [0.1, 0.15) is 12.2 Å². The summed E-state index contributed by atoms with van der Waals surface area (Å²) in [7, 11) is 0. The zero-order valence-corrected chi connectivity index (χ0v) is 9.66. The first kappa shape index (κ1) is 13.9. The highest BCUT2D eigenvalue weighted by Gasteiger charge is 2.45. The van der Waals surface area contributed by atoms with Gasteiger partial charge in [0.25, 0.3) is 0 Å². The number of rotatable bonds is 3. The van der Waals surface area contributed by atoms with Crippen LogP contribution in [-0.2, 0) is 23.8 Å². The number of aliphatic hydroxyl groups excluding tert-OH is 2. The zero-order valence-electron chi connectivity index (χ0n) is 9.66. The Morgan fingerprint density at radius 2 is 2.06 bits per heavy atom. The SMILES string of the molecule is CCOC(=O)[C@@H]1OC[C@H](O)[C@H](O)[C@H]1OC(C)=O. The summed E-state index contributed by atoms with van der Waals surface area (Å²) in [5.41, 5.74) is 0. The third-order valence-corrected chi connectivity index (χ3v) is 2.30. The van der Waals surface area contributed by atoms with Crippen molar-refractivity contribution in [1.82, 2.24) is 0 Å². The molecule has 0 bridgehead atoms. The van der Waals surface area contributed by atoms with E-state index in [-0.39, 0.29) is 13.2 Å². The van der Waals surface area contributed by atoms with E-state index in [2.05, 4.69) is 0 Å². The van der Waals surface area contributed by atoms with Crippen LogP contribution in [0.4, 0.5) is 0 Å². The lowest BCUT2D eigenvalue weighted by Crippen LogP contribution is -2.57. The fraction of sp³-hybridized carbons (Fsp3) is 0.800. The van der Waals surface area contributed by atoms with Gasteiger partial charge in [0.05, 0.1) is 13.2 Å². The monoisotopic (exact) mass is 248 g/mol. The summed E-state index contributed by atoms with van der Waals surface area (Å²) < 4.78 is 14.5. The Hall–Kier alpha value is -1.18. The maximum absolute atomic E-state index is 11.5. The summed E-state index contributed by atoms with van der Waals surface area (Å²) >= 11 is 0. The maximum atomic E-state index is 11.5. The largest absolute Gasteiger partial charge is 0.464 e. The molecular weight excluding hydrogens is 232 g/mol. The van der Waals surface area contributed by atoms with Crippen molar-refractivity contribution in [2.75, 3.05) is 13.2 Å². The summed E-state index contributed by atoms with van der Waals surface area (Å²) in [6.45, 7) is 2.68. The van der Waals surface area contributed by atoms with E-state index in [4.69, 9.17) is 14.2 Å². The Bertz CT molecular complexity index is 290. The molecule has 17 heavy (non-hydrogen) atoms. The Labute approximate surface area is 98.3 Å². The third kappa shape index (κ3) is 3.39. The first-order chi connectivity index (χ1) is 7.97. The predicted octanol–water partition coefficient (Wildman–Crippen LogP) is -1.40. The number of carbonyl (C=O) groups excluding carboxylic acids is 2. The molecule has 0 amide bonds. The van der Waals surface area contributed by atoms with Gasteiger partial charge in [-0.2, -0.15) is 0 Å². The Morgan fingerprint density at radius 3 is 2.59 bits per heavy atom. The molecule has 0 unspecified atom stereocenters. The molecule has 2 N–H and O–H groups in total. The second-order valence-electron chi connectivity index (χ2n) is 3.64. The third-order valence-electron chi connectivity index (χ3n) is 2.30. The molecule has 1 aliphatic rings. The smallest absolute Gasteiger partial charge is 0.339 e. The molecule has 0 aliphatic carbocycles.